The molecule has 1 fully saturated rings. The van der Waals surface area contributed by atoms with Crippen molar-refractivity contribution in [1.82, 2.24) is 0 Å². The molecule has 0 saturated carbocycles. The van der Waals surface area contributed by atoms with Crippen LogP contribution in [-0.2, 0) is 0 Å². The van der Waals surface area contributed by atoms with E-state index in [2.05, 4.69) is 42.2 Å². The van der Waals surface area contributed by atoms with Crippen LogP contribution in [0.25, 0.3) is 0 Å². The molecule has 0 aromatic heterocycles. The zero-order valence-electron chi connectivity index (χ0n) is 7.53. The summed E-state index contributed by atoms with van der Waals surface area (Å²) < 4.78 is 0. The Bertz CT molecular complexity index is 242. The van der Waals surface area contributed by atoms with Crippen LogP contribution in [0.4, 0.5) is 5.69 Å². The maximum Gasteiger partial charge on any atom is 0.0366 e. The molecule has 1 atom stereocenters. The molecule has 1 aromatic rings. The Hall–Kier alpha value is -0.980. The average Bonchev–Trinajstić information content (AvgIpc) is 2.54. The van der Waals surface area contributed by atoms with E-state index < -0.39 is 0 Å². The fraction of sp³-hybridized carbons (Fsp3) is 0.455. The zero-order chi connectivity index (χ0) is 8.39. The average molecular weight is 161 g/mol. The highest BCUT2D eigenvalue weighted by Crippen LogP contribution is 2.22. The summed E-state index contributed by atoms with van der Waals surface area (Å²) in [5, 5.41) is 0. The van der Waals surface area contributed by atoms with Crippen LogP contribution < -0.4 is 4.90 Å². The van der Waals surface area contributed by atoms with Gasteiger partial charge in [0.25, 0.3) is 0 Å². The number of hydrogen-bond acceptors (Lipinski definition) is 1. The van der Waals surface area contributed by atoms with Crippen LogP contribution in [0.1, 0.15) is 13.3 Å². The summed E-state index contributed by atoms with van der Waals surface area (Å²) in [5.41, 5.74) is 1.38. The van der Waals surface area contributed by atoms with E-state index in [0.717, 1.165) is 5.92 Å². The van der Waals surface area contributed by atoms with Crippen LogP contribution >= 0.6 is 0 Å². The van der Waals surface area contributed by atoms with Crippen molar-refractivity contribution in [2.45, 2.75) is 13.3 Å². The lowest BCUT2D eigenvalue weighted by molar-refractivity contribution is 0.659. The highest BCUT2D eigenvalue weighted by Gasteiger charge is 2.17. The first kappa shape index (κ1) is 7.66. The lowest BCUT2D eigenvalue weighted by atomic mass is 10.2. The summed E-state index contributed by atoms with van der Waals surface area (Å²) in [6.07, 6.45) is 1.34. The highest BCUT2D eigenvalue weighted by atomic mass is 15.1. The van der Waals surface area contributed by atoms with Crippen LogP contribution in [0.15, 0.2) is 30.3 Å². The number of rotatable bonds is 1. The van der Waals surface area contributed by atoms with Gasteiger partial charge in [-0.25, -0.2) is 0 Å². The maximum absolute atomic E-state index is 2.46. The first-order chi connectivity index (χ1) is 5.86. The molecule has 0 radical (unpaired) electrons. The molecule has 12 heavy (non-hydrogen) atoms. The van der Waals surface area contributed by atoms with E-state index in [1.807, 2.05) is 0 Å². The van der Waals surface area contributed by atoms with Gasteiger partial charge in [-0.05, 0) is 24.5 Å². The van der Waals surface area contributed by atoms with E-state index in [9.17, 15) is 0 Å². The van der Waals surface area contributed by atoms with Gasteiger partial charge in [0, 0.05) is 18.8 Å². The molecule has 2 rings (SSSR count). The van der Waals surface area contributed by atoms with Crippen LogP contribution in [0.5, 0.6) is 0 Å². The van der Waals surface area contributed by atoms with E-state index in [-0.39, 0.29) is 0 Å². The molecular weight excluding hydrogens is 146 g/mol. The van der Waals surface area contributed by atoms with Crippen LogP contribution in [0.2, 0.25) is 0 Å². The predicted octanol–water partition coefficient (Wildman–Crippen LogP) is 2.53. The third-order valence-corrected chi connectivity index (χ3v) is 2.55. The molecule has 1 aliphatic rings. The van der Waals surface area contributed by atoms with Crippen molar-refractivity contribution in [1.29, 1.82) is 0 Å². The topological polar surface area (TPSA) is 3.24 Å². The van der Waals surface area contributed by atoms with E-state index in [1.165, 1.54) is 25.2 Å². The zero-order valence-corrected chi connectivity index (χ0v) is 7.53. The summed E-state index contributed by atoms with van der Waals surface area (Å²) in [6.45, 7) is 4.78. The number of hydrogen-bond donors (Lipinski definition) is 0. The molecule has 0 N–H and O–H groups in total. The fourth-order valence-corrected chi connectivity index (χ4v) is 1.81. The fourth-order valence-electron chi connectivity index (χ4n) is 1.81. The molecule has 0 bridgehead atoms. The largest absolute Gasteiger partial charge is 0.371 e. The van der Waals surface area contributed by atoms with Crippen LogP contribution in [0, 0.1) is 5.92 Å². The van der Waals surface area contributed by atoms with E-state index >= 15 is 0 Å². The molecule has 1 heteroatoms. The molecular formula is C11H15N. The minimum atomic E-state index is 0.866. The second-order valence-corrected chi connectivity index (χ2v) is 3.68. The SMILES string of the molecule is C[C@@H]1CCN(c2ccccc2)C1. The first-order valence-corrected chi connectivity index (χ1v) is 4.66. The number of para-hydroxylation sites is 1. The Labute approximate surface area is 74.0 Å². The van der Waals surface area contributed by atoms with E-state index in [0.29, 0.717) is 0 Å². The van der Waals surface area contributed by atoms with E-state index in [4.69, 9.17) is 0 Å². The minimum absolute atomic E-state index is 0.866. The third kappa shape index (κ3) is 1.45. The van der Waals surface area contributed by atoms with Gasteiger partial charge < -0.3 is 4.90 Å². The van der Waals surface area contributed by atoms with Gasteiger partial charge in [-0.2, -0.15) is 0 Å². The Kier molecular flexibility index (Phi) is 2.03. The quantitative estimate of drug-likeness (QED) is 0.611. The summed E-state index contributed by atoms with van der Waals surface area (Å²) in [4.78, 5) is 2.46. The minimum Gasteiger partial charge on any atom is -0.371 e. The third-order valence-electron chi connectivity index (χ3n) is 2.55. The second kappa shape index (κ2) is 3.18. The molecule has 0 aliphatic carbocycles. The summed E-state index contributed by atoms with van der Waals surface area (Å²) in [6, 6.07) is 10.7. The van der Waals surface area contributed by atoms with Gasteiger partial charge in [-0.1, -0.05) is 25.1 Å². The van der Waals surface area contributed by atoms with Gasteiger partial charge in [0.05, 0.1) is 0 Å². The van der Waals surface area contributed by atoms with Crippen molar-refractivity contribution < 1.29 is 0 Å². The molecule has 0 unspecified atom stereocenters. The molecule has 0 amide bonds. The Balaban J connectivity index is 2.11. The summed E-state index contributed by atoms with van der Waals surface area (Å²) >= 11 is 0. The van der Waals surface area contributed by atoms with Crippen LogP contribution in [-0.4, -0.2) is 13.1 Å². The molecule has 64 valence electrons. The smallest absolute Gasteiger partial charge is 0.0366 e. The van der Waals surface area contributed by atoms with Crippen molar-refractivity contribution in [3.05, 3.63) is 30.3 Å². The van der Waals surface area contributed by atoms with Crippen molar-refractivity contribution in [2.75, 3.05) is 18.0 Å². The monoisotopic (exact) mass is 161 g/mol. The van der Waals surface area contributed by atoms with Crippen molar-refractivity contribution in [3.63, 3.8) is 0 Å². The van der Waals surface area contributed by atoms with Gasteiger partial charge >= 0.3 is 0 Å². The second-order valence-electron chi connectivity index (χ2n) is 3.68. The van der Waals surface area contributed by atoms with Gasteiger partial charge in [-0.15, -0.1) is 0 Å². The molecule has 1 saturated heterocycles. The Morgan fingerprint density at radius 1 is 1.25 bits per heavy atom. The van der Waals surface area contributed by atoms with Gasteiger partial charge in [0.15, 0.2) is 0 Å². The van der Waals surface area contributed by atoms with Crippen molar-refractivity contribution >= 4 is 5.69 Å². The predicted molar refractivity (Wildman–Crippen MR) is 52.4 cm³/mol. The van der Waals surface area contributed by atoms with E-state index in [1.54, 1.807) is 0 Å². The van der Waals surface area contributed by atoms with Crippen molar-refractivity contribution in [3.8, 4) is 0 Å². The number of benzene rings is 1. The molecule has 1 nitrogen and oxygen atoms in total. The summed E-state index contributed by atoms with van der Waals surface area (Å²) in [7, 11) is 0. The lowest BCUT2D eigenvalue weighted by Gasteiger charge is -2.17. The van der Waals surface area contributed by atoms with Gasteiger partial charge in [-0.3, -0.25) is 0 Å². The lowest BCUT2D eigenvalue weighted by Crippen LogP contribution is -2.18. The Morgan fingerprint density at radius 2 is 2.00 bits per heavy atom. The molecule has 1 aliphatic heterocycles. The maximum atomic E-state index is 2.46. The highest BCUT2D eigenvalue weighted by molar-refractivity contribution is 5.46. The first-order valence-electron chi connectivity index (χ1n) is 4.66. The van der Waals surface area contributed by atoms with Gasteiger partial charge in [0.2, 0.25) is 0 Å². The Morgan fingerprint density at radius 3 is 2.58 bits per heavy atom. The molecule has 1 aromatic carbocycles. The van der Waals surface area contributed by atoms with Crippen LogP contribution in [0.3, 0.4) is 0 Å². The standard InChI is InChI=1S/C11H15N/c1-10-7-8-12(9-10)11-5-3-2-4-6-11/h2-6,10H,7-9H2,1H3/t10-/m1/s1. The van der Waals surface area contributed by atoms with Crippen molar-refractivity contribution in [2.24, 2.45) is 5.92 Å². The number of nitrogens with zero attached hydrogens (tertiary/aromatic N) is 1. The molecule has 0 spiro atoms. The normalized spacial score (nSPS) is 23.1. The number of anilines is 1. The summed E-state index contributed by atoms with van der Waals surface area (Å²) in [5.74, 6) is 0.866. The molecule has 1 heterocycles. The van der Waals surface area contributed by atoms with Gasteiger partial charge in [0.1, 0.15) is 0 Å².